The lowest BCUT2D eigenvalue weighted by Gasteiger charge is -2.25. The van der Waals surface area contributed by atoms with Gasteiger partial charge in [-0.15, -0.1) is 0 Å². The number of rotatable bonds is 16. The molecule has 0 aliphatic heterocycles. The highest BCUT2D eigenvalue weighted by molar-refractivity contribution is 7.98. The third-order valence-electron chi connectivity index (χ3n) is 6.49. The molecule has 8 N–H and O–H groups in total. The van der Waals surface area contributed by atoms with E-state index in [0.29, 0.717) is 29.0 Å². The highest BCUT2D eigenvalue weighted by Crippen LogP contribution is 2.13. The Labute approximate surface area is 247 Å². The number of carboxylic acids is 1. The Hall–Kier alpha value is -4.36. The summed E-state index contributed by atoms with van der Waals surface area (Å²) in [4.78, 5) is 58.7. The van der Waals surface area contributed by atoms with E-state index in [-0.39, 0.29) is 25.0 Å². The summed E-state index contributed by atoms with van der Waals surface area (Å²) in [6, 6.07) is 10.5. The second-order valence-corrected chi connectivity index (χ2v) is 10.7. The SMILES string of the molecule is CSCCC(N)C(=O)NC(Cc1cnc[nH]1)C(=O)NC(Cc1ccc(O)cc1)C(=O)NC(Cc1ccccc1)C(=O)O. The molecule has 0 saturated carbocycles. The molecule has 4 unspecified atom stereocenters. The maximum atomic E-state index is 13.6. The second kappa shape index (κ2) is 16.2. The van der Waals surface area contributed by atoms with E-state index in [1.807, 2.05) is 6.26 Å². The van der Waals surface area contributed by atoms with Gasteiger partial charge in [-0.05, 0) is 41.7 Å². The lowest BCUT2D eigenvalue weighted by atomic mass is 10.0. The van der Waals surface area contributed by atoms with Gasteiger partial charge in [-0.25, -0.2) is 9.78 Å². The molecule has 0 aliphatic carbocycles. The van der Waals surface area contributed by atoms with Gasteiger partial charge in [-0.2, -0.15) is 11.8 Å². The van der Waals surface area contributed by atoms with E-state index in [0.717, 1.165) is 0 Å². The van der Waals surface area contributed by atoms with Gasteiger partial charge in [-0.1, -0.05) is 42.5 Å². The third kappa shape index (κ3) is 10.2. The number of thioether (sulfide) groups is 1. The Bertz CT molecular complexity index is 1310. The minimum absolute atomic E-state index is 0.00646. The number of carbonyl (C=O) groups is 4. The summed E-state index contributed by atoms with van der Waals surface area (Å²) in [6.45, 7) is 0. The van der Waals surface area contributed by atoms with Crippen molar-refractivity contribution in [1.29, 1.82) is 0 Å². The molecule has 3 rings (SSSR count). The average molecular weight is 597 g/mol. The molecule has 0 saturated heterocycles. The molecule has 0 spiro atoms. The van der Waals surface area contributed by atoms with Gasteiger partial charge < -0.3 is 36.9 Å². The van der Waals surface area contributed by atoms with Crippen molar-refractivity contribution in [2.24, 2.45) is 5.73 Å². The maximum Gasteiger partial charge on any atom is 0.326 e. The zero-order valence-electron chi connectivity index (χ0n) is 23.2. The Morgan fingerprint density at radius 1 is 0.857 bits per heavy atom. The van der Waals surface area contributed by atoms with Crippen molar-refractivity contribution in [3.05, 3.63) is 83.9 Å². The molecule has 0 bridgehead atoms. The number of amides is 3. The van der Waals surface area contributed by atoms with Crippen LogP contribution in [0.25, 0.3) is 0 Å². The molecule has 1 heterocycles. The van der Waals surface area contributed by atoms with Crippen molar-refractivity contribution in [2.75, 3.05) is 12.0 Å². The third-order valence-corrected chi connectivity index (χ3v) is 7.13. The molecule has 3 amide bonds. The van der Waals surface area contributed by atoms with Gasteiger partial charge in [0.2, 0.25) is 17.7 Å². The van der Waals surface area contributed by atoms with Crippen molar-refractivity contribution in [1.82, 2.24) is 25.9 Å². The number of phenolic OH excluding ortho intramolecular Hbond substituents is 1. The summed E-state index contributed by atoms with van der Waals surface area (Å²) in [6.07, 6.45) is 5.34. The Kier molecular flexibility index (Phi) is 12.4. The summed E-state index contributed by atoms with van der Waals surface area (Å²) < 4.78 is 0. The molecule has 4 atom stereocenters. The van der Waals surface area contributed by atoms with Crippen molar-refractivity contribution in [3.8, 4) is 5.75 Å². The van der Waals surface area contributed by atoms with Gasteiger partial charge in [-0.3, -0.25) is 14.4 Å². The van der Waals surface area contributed by atoms with E-state index in [2.05, 4.69) is 25.9 Å². The number of aliphatic carboxylic acids is 1. The number of carbonyl (C=O) groups excluding carboxylic acids is 3. The van der Waals surface area contributed by atoms with E-state index in [1.54, 1.807) is 54.2 Å². The van der Waals surface area contributed by atoms with Gasteiger partial charge in [0.1, 0.15) is 23.9 Å². The first-order valence-electron chi connectivity index (χ1n) is 13.3. The first-order chi connectivity index (χ1) is 20.2. The van der Waals surface area contributed by atoms with Crippen LogP contribution < -0.4 is 21.7 Å². The monoisotopic (exact) mass is 596 g/mol. The van der Waals surface area contributed by atoms with Crippen LogP contribution in [0.5, 0.6) is 5.75 Å². The lowest BCUT2D eigenvalue weighted by Crippen LogP contribution is -2.58. The zero-order chi connectivity index (χ0) is 30.5. The first kappa shape index (κ1) is 32.2. The summed E-state index contributed by atoms with van der Waals surface area (Å²) in [5.74, 6) is -2.44. The van der Waals surface area contributed by atoms with Crippen LogP contribution in [0.4, 0.5) is 0 Å². The van der Waals surface area contributed by atoms with Crippen molar-refractivity contribution in [2.45, 2.75) is 49.9 Å². The van der Waals surface area contributed by atoms with Crippen LogP contribution >= 0.6 is 11.8 Å². The normalized spacial score (nSPS) is 13.8. The smallest absolute Gasteiger partial charge is 0.326 e. The minimum atomic E-state index is -1.26. The van der Waals surface area contributed by atoms with Crippen molar-refractivity contribution in [3.63, 3.8) is 0 Å². The number of phenols is 1. The summed E-state index contributed by atoms with van der Waals surface area (Å²) in [5.41, 5.74) is 7.91. The summed E-state index contributed by atoms with van der Waals surface area (Å²) in [5, 5.41) is 27.4. The molecular formula is C29H36N6O6S. The largest absolute Gasteiger partial charge is 0.508 e. The number of carboxylic acid groups (broad SMARTS) is 1. The van der Waals surface area contributed by atoms with Crippen LogP contribution in [-0.4, -0.2) is 80.0 Å². The quantitative estimate of drug-likeness (QED) is 0.125. The van der Waals surface area contributed by atoms with E-state index < -0.39 is 47.9 Å². The molecule has 0 aliphatic rings. The van der Waals surface area contributed by atoms with Gasteiger partial charge >= 0.3 is 5.97 Å². The molecule has 0 radical (unpaired) electrons. The molecule has 2 aromatic carbocycles. The molecule has 42 heavy (non-hydrogen) atoms. The van der Waals surface area contributed by atoms with Crippen molar-refractivity contribution < 1.29 is 29.4 Å². The summed E-state index contributed by atoms with van der Waals surface area (Å²) >= 11 is 1.54. The number of H-pyrrole nitrogens is 1. The van der Waals surface area contributed by atoms with Crippen LogP contribution in [0, 0.1) is 0 Å². The predicted molar refractivity (Wildman–Crippen MR) is 159 cm³/mol. The number of hydrogen-bond donors (Lipinski definition) is 7. The molecule has 0 fully saturated rings. The number of nitrogens with one attached hydrogen (secondary N) is 4. The second-order valence-electron chi connectivity index (χ2n) is 9.75. The van der Waals surface area contributed by atoms with Crippen LogP contribution in [0.15, 0.2) is 67.1 Å². The fourth-order valence-corrected chi connectivity index (χ4v) is 4.64. The molecule has 1 aromatic heterocycles. The van der Waals surface area contributed by atoms with Crippen LogP contribution in [-0.2, 0) is 38.4 Å². The van der Waals surface area contributed by atoms with Gasteiger partial charge in [0.15, 0.2) is 0 Å². The number of benzene rings is 2. The predicted octanol–water partition coefficient (Wildman–Crippen LogP) is 0.763. The van der Waals surface area contributed by atoms with Crippen LogP contribution in [0.3, 0.4) is 0 Å². The minimum Gasteiger partial charge on any atom is -0.508 e. The molecule has 13 heteroatoms. The average Bonchev–Trinajstić information content (AvgIpc) is 3.49. The first-order valence-corrected chi connectivity index (χ1v) is 14.7. The topological polar surface area (TPSA) is 200 Å². The number of aromatic amines is 1. The molecule has 12 nitrogen and oxygen atoms in total. The zero-order valence-corrected chi connectivity index (χ0v) is 24.0. The number of nitrogens with two attached hydrogens (primary N) is 1. The number of aromatic nitrogens is 2. The number of nitrogens with zero attached hydrogens (tertiary/aromatic N) is 1. The Morgan fingerprint density at radius 3 is 2.02 bits per heavy atom. The fourth-order valence-electron chi connectivity index (χ4n) is 4.15. The highest BCUT2D eigenvalue weighted by Gasteiger charge is 2.31. The molecule has 3 aromatic rings. The standard InChI is InChI=1S/C29H36N6O6S/c1-42-12-11-22(30)26(37)33-24(15-20-16-31-17-32-20)28(39)34-23(13-19-7-9-21(36)10-8-19)27(38)35-25(29(40)41)14-18-5-3-2-4-6-18/h2-10,16-17,22-25,36H,11-15,30H2,1H3,(H,31,32)(H,33,37)(H,34,39)(H,35,38)(H,40,41). The van der Waals surface area contributed by atoms with E-state index in [9.17, 15) is 29.4 Å². The van der Waals surface area contributed by atoms with Crippen LogP contribution in [0.1, 0.15) is 23.2 Å². The van der Waals surface area contributed by atoms with Crippen LogP contribution in [0.2, 0.25) is 0 Å². The Balaban J connectivity index is 1.82. The van der Waals surface area contributed by atoms with E-state index >= 15 is 0 Å². The number of aromatic hydroxyl groups is 1. The molecular weight excluding hydrogens is 560 g/mol. The van der Waals surface area contributed by atoms with E-state index in [4.69, 9.17) is 5.73 Å². The number of imidazole rings is 1. The maximum absolute atomic E-state index is 13.6. The van der Waals surface area contributed by atoms with Gasteiger partial charge in [0, 0.05) is 31.2 Å². The van der Waals surface area contributed by atoms with Crippen molar-refractivity contribution >= 4 is 35.5 Å². The Morgan fingerprint density at radius 2 is 1.43 bits per heavy atom. The fraction of sp³-hybridized carbons (Fsp3) is 0.345. The summed E-state index contributed by atoms with van der Waals surface area (Å²) in [7, 11) is 0. The molecule has 224 valence electrons. The highest BCUT2D eigenvalue weighted by atomic mass is 32.2. The lowest BCUT2D eigenvalue weighted by molar-refractivity contribution is -0.142. The van der Waals surface area contributed by atoms with Gasteiger partial charge in [0.25, 0.3) is 0 Å². The van der Waals surface area contributed by atoms with Gasteiger partial charge in [0.05, 0.1) is 12.4 Å². The number of hydrogen-bond acceptors (Lipinski definition) is 8. The van der Waals surface area contributed by atoms with E-state index in [1.165, 1.54) is 24.7 Å².